The van der Waals surface area contributed by atoms with Gasteiger partial charge in [-0.3, -0.25) is 0 Å². The summed E-state index contributed by atoms with van der Waals surface area (Å²) in [6, 6.07) is 5.52. The van der Waals surface area contributed by atoms with Crippen molar-refractivity contribution in [3.05, 3.63) is 34.3 Å². The first-order valence-corrected chi connectivity index (χ1v) is 11.2. The molecule has 0 radical (unpaired) electrons. The van der Waals surface area contributed by atoms with E-state index in [1.807, 2.05) is 55.4 Å². The summed E-state index contributed by atoms with van der Waals surface area (Å²) in [7, 11) is -0.952. The summed E-state index contributed by atoms with van der Waals surface area (Å²) < 4.78 is 61.5. The molecule has 32 heavy (non-hydrogen) atoms. The lowest BCUT2D eigenvalue weighted by atomic mass is 9.49. The summed E-state index contributed by atoms with van der Waals surface area (Å²) in [5.41, 5.74) is -4.43. The summed E-state index contributed by atoms with van der Waals surface area (Å²) in [5.74, 6) is 0. The molecule has 0 amide bonds. The summed E-state index contributed by atoms with van der Waals surface area (Å²) in [4.78, 5) is 0. The molecule has 2 saturated heterocycles. The Morgan fingerprint density at radius 1 is 0.781 bits per heavy atom. The van der Waals surface area contributed by atoms with Gasteiger partial charge in [-0.05, 0) is 80.0 Å². The second-order valence-corrected chi connectivity index (χ2v) is 11.2. The van der Waals surface area contributed by atoms with Crippen LogP contribution >= 0.6 is 15.9 Å². The summed E-state index contributed by atoms with van der Waals surface area (Å²) in [6.45, 7) is 16.9. The fourth-order valence-corrected chi connectivity index (χ4v) is 3.35. The lowest BCUT2D eigenvalue weighted by Crippen LogP contribution is -2.41. The number of benzene rings is 1. The quantitative estimate of drug-likeness (QED) is 0.522. The predicted molar refractivity (Wildman–Crippen MR) is 122 cm³/mol. The highest BCUT2D eigenvalue weighted by molar-refractivity contribution is 9.10. The van der Waals surface area contributed by atoms with Crippen LogP contribution in [0.4, 0.5) is 13.2 Å². The van der Waals surface area contributed by atoms with Crippen molar-refractivity contribution in [3.8, 4) is 0 Å². The van der Waals surface area contributed by atoms with Gasteiger partial charge in [-0.1, -0.05) is 28.1 Å². The van der Waals surface area contributed by atoms with E-state index < -0.39 is 25.8 Å². The second-order valence-electron chi connectivity index (χ2n) is 10.3. The fourth-order valence-electron chi connectivity index (χ4n) is 2.95. The van der Waals surface area contributed by atoms with E-state index in [9.17, 15) is 18.3 Å². The molecule has 0 aromatic heterocycles. The third-order valence-electron chi connectivity index (χ3n) is 6.70. The highest BCUT2D eigenvalue weighted by Gasteiger charge is 2.63. The van der Waals surface area contributed by atoms with Crippen LogP contribution in [0.15, 0.2) is 28.7 Å². The molecular weight excluding hydrogens is 491 g/mol. The fraction of sp³-hybridized carbons (Fsp3) is 0.714. The van der Waals surface area contributed by atoms with Crippen LogP contribution in [0.2, 0.25) is 0 Å². The second kappa shape index (κ2) is 8.57. The molecule has 1 N–H and O–H groups in total. The molecule has 2 aliphatic heterocycles. The standard InChI is InChI=1S/C12H24B2O4.C9H8BrF3O/c1-9(2)10(3,4)16-13(15-9)14-17-11(5,6)12(7,8)18-14;1-8(14,9(11,12)13)6-3-2-4-7(10)5-6/h1-8H3;2-5,14H,1H3. The van der Waals surface area contributed by atoms with E-state index >= 15 is 0 Å². The molecule has 0 bridgehead atoms. The highest BCUT2D eigenvalue weighted by Crippen LogP contribution is 2.43. The van der Waals surface area contributed by atoms with Gasteiger partial charge in [-0.25, -0.2) is 0 Å². The van der Waals surface area contributed by atoms with Gasteiger partial charge in [-0.15, -0.1) is 0 Å². The van der Waals surface area contributed by atoms with Crippen molar-refractivity contribution in [2.24, 2.45) is 0 Å². The number of alkyl halides is 3. The number of hydrogen-bond acceptors (Lipinski definition) is 5. The first-order chi connectivity index (χ1) is 14.1. The Bertz CT molecular complexity index is 762. The van der Waals surface area contributed by atoms with Gasteiger partial charge in [0.1, 0.15) is 0 Å². The molecule has 11 heteroatoms. The van der Waals surface area contributed by atoms with Gasteiger partial charge in [0.05, 0.1) is 22.4 Å². The van der Waals surface area contributed by atoms with Crippen LogP contribution in [-0.2, 0) is 24.2 Å². The Morgan fingerprint density at radius 3 is 1.41 bits per heavy atom. The molecule has 3 rings (SSSR count). The van der Waals surface area contributed by atoms with Crippen molar-refractivity contribution in [1.29, 1.82) is 0 Å². The van der Waals surface area contributed by atoms with Crippen LogP contribution in [0.5, 0.6) is 0 Å². The van der Waals surface area contributed by atoms with Gasteiger partial charge in [0.2, 0.25) is 0 Å². The topological polar surface area (TPSA) is 57.2 Å². The van der Waals surface area contributed by atoms with Crippen LogP contribution in [0, 0.1) is 0 Å². The number of halogens is 4. The van der Waals surface area contributed by atoms with E-state index in [1.165, 1.54) is 18.2 Å². The number of hydrogen-bond donors (Lipinski definition) is 1. The molecule has 2 aliphatic rings. The molecule has 5 nitrogen and oxygen atoms in total. The lowest BCUT2D eigenvalue weighted by Gasteiger charge is -2.32. The summed E-state index contributed by atoms with van der Waals surface area (Å²) in [6.07, 6.45) is -4.67. The summed E-state index contributed by atoms with van der Waals surface area (Å²) >= 11 is 3.04. The maximum absolute atomic E-state index is 12.4. The predicted octanol–water partition coefficient (Wildman–Crippen LogP) is 5.47. The number of rotatable bonds is 2. The van der Waals surface area contributed by atoms with E-state index in [2.05, 4.69) is 15.9 Å². The zero-order chi connectivity index (χ0) is 25.0. The van der Waals surface area contributed by atoms with Crippen molar-refractivity contribution in [2.45, 2.75) is 96.5 Å². The van der Waals surface area contributed by atoms with Gasteiger partial charge in [0, 0.05) is 4.47 Å². The minimum absolute atomic E-state index is 0.181. The summed E-state index contributed by atoms with van der Waals surface area (Å²) in [5, 5.41) is 9.30. The molecule has 1 aromatic rings. The van der Waals surface area contributed by atoms with E-state index in [-0.39, 0.29) is 28.0 Å². The van der Waals surface area contributed by atoms with E-state index in [1.54, 1.807) is 6.07 Å². The third kappa shape index (κ3) is 5.39. The lowest BCUT2D eigenvalue weighted by molar-refractivity contribution is -0.258. The molecular formula is C21H32B2BrF3O5. The Kier molecular flexibility index (Phi) is 7.41. The van der Waals surface area contributed by atoms with Crippen LogP contribution in [-0.4, -0.2) is 47.7 Å². The SMILES string of the molecule is CC(O)(c1cccc(Br)c1)C(F)(F)F.CC1(C)OB(B2OC(C)(C)C(C)(C)O2)OC1(C)C. The monoisotopic (exact) mass is 522 g/mol. The molecule has 2 heterocycles. The molecule has 0 saturated carbocycles. The average molecular weight is 523 g/mol. The van der Waals surface area contributed by atoms with E-state index in [0.29, 0.717) is 4.47 Å². The minimum atomic E-state index is -4.67. The molecule has 2 fully saturated rings. The van der Waals surface area contributed by atoms with Crippen LogP contribution < -0.4 is 0 Å². The first-order valence-electron chi connectivity index (χ1n) is 10.4. The van der Waals surface area contributed by atoms with Crippen molar-refractivity contribution >= 4 is 29.9 Å². The molecule has 1 unspecified atom stereocenters. The van der Waals surface area contributed by atoms with Gasteiger partial charge in [-0.2, -0.15) is 13.2 Å². The molecule has 1 aromatic carbocycles. The van der Waals surface area contributed by atoms with Crippen molar-refractivity contribution in [3.63, 3.8) is 0 Å². The van der Waals surface area contributed by atoms with Crippen LogP contribution in [0.1, 0.15) is 67.9 Å². The molecule has 1 atom stereocenters. The first kappa shape index (κ1) is 27.7. The van der Waals surface area contributed by atoms with Crippen LogP contribution in [0.3, 0.4) is 0 Å². The zero-order valence-corrected chi connectivity index (χ0v) is 21.6. The third-order valence-corrected chi connectivity index (χ3v) is 7.20. The maximum atomic E-state index is 12.4. The van der Waals surface area contributed by atoms with Gasteiger partial charge < -0.3 is 23.7 Å². The molecule has 0 spiro atoms. The Hall–Kier alpha value is -0.580. The van der Waals surface area contributed by atoms with Crippen molar-refractivity contribution in [1.82, 2.24) is 0 Å². The normalized spacial score (nSPS) is 25.2. The average Bonchev–Trinajstić information content (AvgIpc) is 2.94. The minimum Gasteiger partial charge on any atom is -0.405 e. The Morgan fingerprint density at radius 2 is 1.12 bits per heavy atom. The zero-order valence-electron chi connectivity index (χ0n) is 20.1. The van der Waals surface area contributed by atoms with Crippen LogP contribution in [0.25, 0.3) is 0 Å². The smallest absolute Gasteiger partial charge is 0.405 e. The van der Waals surface area contributed by atoms with Crippen molar-refractivity contribution in [2.75, 3.05) is 0 Å². The Labute approximate surface area is 197 Å². The molecule has 180 valence electrons. The molecule has 0 aliphatic carbocycles. The largest absolute Gasteiger partial charge is 0.488 e. The van der Waals surface area contributed by atoms with Gasteiger partial charge >= 0.3 is 20.2 Å². The Balaban J connectivity index is 0.000000235. The van der Waals surface area contributed by atoms with Gasteiger partial charge in [0.15, 0.2) is 5.60 Å². The van der Waals surface area contributed by atoms with E-state index in [4.69, 9.17) is 18.6 Å². The van der Waals surface area contributed by atoms with Crippen molar-refractivity contribution < 1.29 is 36.9 Å². The number of aliphatic hydroxyl groups is 1. The highest BCUT2D eigenvalue weighted by atomic mass is 79.9. The van der Waals surface area contributed by atoms with E-state index in [0.717, 1.165) is 6.92 Å². The maximum Gasteiger partial charge on any atom is 0.488 e. The van der Waals surface area contributed by atoms with Gasteiger partial charge in [0.25, 0.3) is 0 Å².